The Morgan fingerprint density at radius 3 is 2.47 bits per heavy atom. The van der Waals surface area contributed by atoms with Crippen LogP contribution >= 0.6 is 0 Å². The van der Waals surface area contributed by atoms with Gasteiger partial charge >= 0.3 is 0 Å². The van der Waals surface area contributed by atoms with E-state index in [0.717, 1.165) is 32.4 Å². The summed E-state index contributed by atoms with van der Waals surface area (Å²) >= 11 is 0. The summed E-state index contributed by atoms with van der Waals surface area (Å²) in [5.74, 6) is 0.118. The van der Waals surface area contributed by atoms with Gasteiger partial charge in [-0.25, -0.2) is 13.1 Å². The molecule has 2 atom stereocenters. The van der Waals surface area contributed by atoms with E-state index < -0.39 is 10.0 Å². The predicted molar refractivity (Wildman–Crippen MR) is 75.5 cm³/mol. The maximum Gasteiger partial charge on any atom is 0.214 e. The minimum absolute atomic E-state index is 0.0655. The van der Waals surface area contributed by atoms with E-state index in [-0.39, 0.29) is 22.8 Å². The van der Waals surface area contributed by atoms with Crippen LogP contribution in [0.1, 0.15) is 40.0 Å². The molecule has 112 valence electrons. The fraction of sp³-hybridized carbons (Fsp3) is 1.00. The molecule has 0 aliphatic carbocycles. The van der Waals surface area contributed by atoms with Gasteiger partial charge in [-0.15, -0.1) is 0 Å². The van der Waals surface area contributed by atoms with E-state index in [2.05, 4.69) is 10.0 Å². The van der Waals surface area contributed by atoms with E-state index in [1.165, 1.54) is 0 Å². The molecule has 2 N–H and O–H groups in total. The third kappa shape index (κ3) is 3.48. The number of rotatable bonds is 4. The first-order valence-corrected chi connectivity index (χ1v) is 8.75. The lowest BCUT2D eigenvalue weighted by Crippen LogP contribution is -2.44. The first-order chi connectivity index (χ1) is 8.85. The van der Waals surface area contributed by atoms with Gasteiger partial charge in [0.15, 0.2) is 0 Å². The molecule has 2 heterocycles. The summed E-state index contributed by atoms with van der Waals surface area (Å²) in [5, 5.41) is 2.95. The zero-order valence-electron chi connectivity index (χ0n) is 12.1. The van der Waals surface area contributed by atoms with E-state index in [1.54, 1.807) is 6.92 Å². The highest BCUT2D eigenvalue weighted by Gasteiger charge is 2.42. The van der Waals surface area contributed by atoms with Crippen molar-refractivity contribution in [1.29, 1.82) is 0 Å². The minimum atomic E-state index is -3.24. The number of piperidine rings is 1. The lowest BCUT2D eigenvalue weighted by molar-refractivity contribution is -0.0193. The molecule has 0 saturated carbocycles. The second-order valence-electron chi connectivity index (χ2n) is 6.26. The Labute approximate surface area is 116 Å². The van der Waals surface area contributed by atoms with E-state index >= 15 is 0 Å². The van der Waals surface area contributed by atoms with Crippen LogP contribution in [0.25, 0.3) is 0 Å². The SMILES string of the molecule is CC(C)C(C)S(=O)(=O)N[C@H]1COC2(CCNCC2)C1. The second-order valence-corrected chi connectivity index (χ2v) is 8.33. The van der Waals surface area contributed by atoms with Gasteiger partial charge in [-0.3, -0.25) is 0 Å². The molecule has 0 aromatic rings. The van der Waals surface area contributed by atoms with Crippen molar-refractivity contribution in [3.05, 3.63) is 0 Å². The molecular formula is C13H26N2O3S. The average Bonchev–Trinajstić information content (AvgIpc) is 2.71. The van der Waals surface area contributed by atoms with Crippen molar-refractivity contribution in [1.82, 2.24) is 10.0 Å². The van der Waals surface area contributed by atoms with Crippen LogP contribution < -0.4 is 10.0 Å². The largest absolute Gasteiger partial charge is 0.373 e. The summed E-state index contributed by atoms with van der Waals surface area (Å²) in [6.07, 6.45) is 2.76. The zero-order chi connectivity index (χ0) is 14.1. The van der Waals surface area contributed by atoms with Gasteiger partial charge in [0.1, 0.15) is 0 Å². The number of sulfonamides is 1. The Balaban J connectivity index is 1.95. The van der Waals surface area contributed by atoms with Gasteiger partial charge < -0.3 is 10.1 Å². The summed E-state index contributed by atoms with van der Waals surface area (Å²) in [4.78, 5) is 0. The summed E-state index contributed by atoms with van der Waals surface area (Å²) < 4.78 is 33.2. The Morgan fingerprint density at radius 1 is 1.26 bits per heavy atom. The van der Waals surface area contributed by atoms with Crippen LogP contribution in [0.3, 0.4) is 0 Å². The monoisotopic (exact) mass is 290 g/mol. The Bertz CT molecular complexity index is 402. The van der Waals surface area contributed by atoms with E-state index in [0.29, 0.717) is 6.61 Å². The van der Waals surface area contributed by atoms with Crippen LogP contribution in [0.5, 0.6) is 0 Å². The highest BCUT2D eigenvalue weighted by molar-refractivity contribution is 7.90. The minimum Gasteiger partial charge on any atom is -0.373 e. The Morgan fingerprint density at radius 2 is 1.89 bits per heavy atom. The van der Waals surface area contributed by atoms with Crippen molar-refractivity contribution in [3.63, 3.8) is 0 Å². The van der Waals surface area contributed by atoms with Gasteiger partial charge in [-0.2, -0.15) is 0 Å². The topological polar surface area (TPSA) is 67.4 Å². The highest BCUT2D eigenvalue weighted by Crippen LogP contribution is 2.34. The lowest BCUT2D eigenvalue weighted by Gasteiger charge is -2.33. The molecular weight excluding hydrogens is 264 g/mol. The average molecular weight is 290 g/mol. The summed E-state index contributed by atoms with van der Waals surface area (Å²) in [6, 6.07) is -0.0655. The third-order valence-electron chi connectivity index (χ3n) is 4.48. The smallest absolute Gasteiger partial charge is 0.214 e. The van der Waals surface area contributed by atoms with E-state index in [1.807, 2.05) is 13.8 Å². The molecule has 2 rings (SSSR count). The van der Waals surface area contributed by atoms with Crippen molar-refractivity contribution in [2.24, 2.45) is 5.92 Å². The molecule has 2 fully saturated rings. The molecule has 0 aromatic heterocycles. The summed E-state index contributed by atoms with van der Waals surface area (Å²) in [6.45, 7) is 8.06. The number of hydrogen-bond donors (Lipinski definition) is 2. The van der Waals surface area contributed by atoms with Crippen molar-refractivity contribution in [2.45, 2.75) is 56.9 Å². The standard InChI is InChI=1S/C13H26N2O3S/c1-10(2)11(3)19(16,17)15-12-8-13(18-9-12)4-6-14-7-5-13/h10-12,14-15H,4-9H2,1-3H3/t11?,12-/m1/s1. The van der Waals surface area contributed by atoms with E-state index in [9.17, 15) is 8.42 Å². The summed E-state index contributed by atoms with van der Waals surface area (Å²) in [7, 11) is -3.24. The number of hydrogen-bond acceptors (Lipinski definition) is 4. The van der Waals surface area contributed by atoms with Crippen LogP contribution in [0.2, 0.25) is 0 Å². The number of nitrogens with one attached hydrogen (secondary N) is 2. The van der Waals surface area contributed by atoms with Crippen molar-refractivity contribution in [2.75, 3.05) is 19.7 Å². The molecule has 0 bridgehead atoms. The predicted octanol–water partition coefficient (Wildman–Crippen LogP) is 0.861. The molecule has 6 heteroatoms. The lowest BCUT2D eigenvalue weighted by atomic mass is 9.88. The first kappa shape index (κ1) is 15.2. The molecule has 2 saturated heterocycles. The summed E-state index contributed by atoms with van der Waals surface area (Å²) in [5.41, 5.74) is -0.0977. The molecule has 5 nitrogen and oxygen atoms in total. The molecule has 1 spiro atoms. The van der Waals surface area contributed by atoms with Gasteiger partial charge in [0, 0.05) is 6.04 Å². The van der Waals surface area contributed by atoms with Crippen molar-refractivity contribution >= 4 is 10.0 Å². The fourth-order valence-corrected chi connectivity index (χ4v) is 4.40. The van der Waals surface area contributed by atoms with Crippen LogP contribution in [0.15, 0.2) is 0 Å². The second kappa shape index (κ2) is 5.68. The van der Waals surface area contributed by atoms with Gasteiger partial charge in [0.25, 0.3) is 0 Å². The maximum absolute atomic E-state index is 12.2. The number of ether oxygens (including phenoxy) is 1. The Kier molecular flexibility index (Phi) is 4.55. The fourth-order valence-electron chi connectivity index (χ4n) is 2.85. The molecule has 19 heavy (non-hydrogen) atoms. The van der Waals surface area contributed by atoms with E-state index in [4.69, 9.17) is 4.74 Å². The molecule has 2 aliphatic heterocycles. The molecule has 0 amide bonds. The van der Waals surface area contributed by atoms with Crippen LogP contribution in [0.4, 0.5) is 0 Å². The third-order valence-corrected chi connectivity index (χ3v) is 6.67. The molecule has 0 aromatic carbocycles. The normalized spacial score (nSPS) is 28.9. The van der Waals surface area contributed by atoms with Crippen LogP contribution in [-0.2, 0) is 14.8 Å². The molecule has 2 aliphatic rings. The first-order valence-electron chi connectivity index (χ1n) is 7.20. The molecule has 1 unspecified atom stereocenters. The maximum atomic E-state index is 12.2. The zero-order valence-corrected chi connectivity index (χ0v) is 12.9. The Hall–Kier alpha value is -0.170. The van der Waals surface area contributed by atoms with Crippen molar-refractivity contribution in [3.8, 4) is 0 Å². The van der Waals surface area contributed by atoms with Gasteiger partial charge in [-0.1, -0.05) is 13.8 Å². The van der Waals surface area contributed by atoms with Crippen LogP contribution in [0, 0.1) is 5.92 Å². The van der Waals surface area contributed by atoms with Crippen LogP contribution in [-0.4, -0.2) is 45.0 Å². The van der Waals surface area contributed by atoms with Gasteiger partial charge in [-0.05, 0) is 45.2 Å². The quantitative estimate of drug-likeness (QED) is 0.806. The van der Waals surface area contributed by atoms with Crippen molar-refractivity contribution < 1.29 is 13.2 Å². The highest BCUT2D eigenvalue weighted by atomic mass is 32.2. The van der Waals surface area contributed by atoms with Gasteiger partial charge in [0.2, 0.25) is 10.0 Å². The van der Waals surface area contributed by atoms with Gasteiger partial charge in [0.05, 0.1) is 17.5 Å². The molecule has 0 radical (unpaired) electrons.